The lowest BCUT2D eigenvalue weighted by atomic mass is 10.1. The van der Waals surface area contributed by atoms with E-state index in [0.29, 0.717) is 5.69 Å². The molecule has 0 radical (unpaired) electrons. The molecule has 0 unspecified atom stereocenters. The number of nitrogens with zero attached hydrogens (tertiary/aromatic N) is 4. The van der Waals surface area contributed by atoms with E-state index < -0.39 is 17.6 Å². The molecule has 1 aromatic heterocycles. The molecule has 0 aliphatic carbocycles. The number of hydrogen-bond donors (Lipinski definition) is 1. The first-order valence-corrected chi connectivity index (χ1v) is 6.87. The molecule has 9 heteroatoms. The van der Waals surface area contributed by atoms with E-state index in [1.165, 1.54) is 47.4 Å². The highest BCUT2D eigenvalue weighted by atomic mass is 19.4. The fourth-order valence-electron chi connectivity index (χ4n) is 2.21. The van der Waals surface area contributed by atoms with Gasteiger partial charge < -0.3 is 5.32 Å². The van der Waals surface area contributed by atoms with Crippen LogP contribution in [0.2, 0.25) is 0 Å². The van der Waals surface area contributed by atoms with Crippen LogP contribution in [0, 0.1) is 5.82 Å². The minimum atomic E-state index is -4.47. The Morgan fingerprint density at radius 2 is 1.88 bits per heavy atom. The maximum atomic E-state index is 13.9. The summed E-state index contributed by atoms with van der Waals surface area (Å²) < 4.78 is 54.1. The summed E-state index contributed by atoms with van der Waals surface area (Å²) in [6, 6.07) is 9.21. The van der Waals surface area contributed by atoms with Crippen molar-refractivity contribution >= 4 is 5.69 Å². The molecular weight excluding hydrogens is 326 g/mol. The van der Waals surface area contributed by atoms with E-state index in [-0.39, 0.29) is 17.8 Å². The molecule has 0 amide bonds. The van der Waals surface area contributed by atoms with Gasteiger partial charge in [-0.1, -0.05) is 18.2 Å². The third-order valence-corrected chi connectivity index (χ3v) is 3.36. The number of alkyl halides is 3. The highest BCUT2D eigenvalue weighted by molar-refractivity contribution is 5.52. The van der Waals surface area contributed by atoms with Crippen LogP contribution in [0.15, 0.2) is 48.8 Å². The number of tetrazole rings is 1. The highest BCUT2D eigenvalue weighted by Crippen LogP contribution is 2.32. The average molecular weight is 337 g/mol. The van der Waals surface area contributed by atoms with Crippen LogP contribution in [-0.2, 0) is 12.7 Å². The summed E-state index contributed by atoms with van der Waals surface area (Å²) in [6.45, 7) is -0.175. The third-order valence-electron chi connectivity index (χ3n) is 3.36. The van der Waals surface area contributed by atoms with E-state index in [9.17, 15) is 17.6 Å². The summed E-state index contributed by atoms with van der Waals surface area (Å²) in [5.74, 6) is -0.587. The average Bonchev–Trinajstić information content (AvgIpc) is 3.08. The highest BCUT2D eigenvalue weighted by Gasteiger charge is 2.32. The molecule has 24 heavy (non-hydrogen) atoms. The van der Waals surface area contributed by atoms with Crippen molar-refractivity contribution in [1.29, 1.82) is 0 Å². The molecule has 0 bridgehead atoms. The Balaban J connectivity index is 1.84. The van der Waals surface area contributed by atoms with Gasteiger partial charge >= 0.3 is 6.18 Å². The van der Waals surface area contributed by atoms with Crippen LogP contribution in [0.1, 0.15) is 11.1 Å². The van der Waals surface area contributed by atoms with Crippen molar-refractivity contribution < 1.29 is 17.6 Å². The monoisotopic (exact) mass is 337 g/mol. The zero-order valence-corrected chi connectivity index (χ0v) is 12.1. The smallest absolute Gasteiger partial charge is 0.379 e. The molecule has 0 fully saturated rings. The zero-order valence-electron chi connectivity index (χ0n) is 12.1. The van der Waals surface area contributed by atoms with Gasteiger partial charge in [0.05, 0.1) is 16.9 Å². The van der Waals surface area contributed by atoms with Crippen molar-refractivity contribution in [3.05, 3.63) is 65.7 Å². The van der Waals surface area contributed by atoms with Gasteiger partial charge in [0.25, 0.3) is 0 Å². The molecule has 0 atom stereocenters. The standard InChI is InChI=1S/C15H11F4N5/c16-13-6-5-11(24-9-21-22-23-24)7-14(13)20-8-10-3-1-2-4-12(10)15(17,18)19/h1-7,9,20H,8H2. The molecule has 1 N–H and O–H groups in total. The first-order chi connectivity index (χ1) is 11.4. The summed E-state index contributed by atoms with van der Waals surface area (Å²) >= 11 is 0. The Kier molecular flexibility index (Phi) is 4.15. The normalized spacial score (nSPS) is 11.5. The second-order valence-electron chi connectivity index (χ2n) is 4.93. The number of benzene rings is 2. The zero-order chi connectivity index (χ0) is 17.2. The van der Waals surface area contributed by atoms with Gasteiger partial charge in [0, 0.05) is 6.54 Å². The molecule has 0 spiro atoms. The van der Waals surface area contributed by atoms with E-state index in [4.69, 9.17) is 0 Å². The molecule has 2 aromatic carbocycles. The SMILES string of the molecule is Fc1ccc(-n2cnnn2)cc1NCc1ccccc1C(F)(F)F. The molecule has 124 valence electrons. The third kappa shape index (κ3) is 3.34. The summed E-state index contributed by atoms with van der Waals surface area (Å²) in [6.07, 6.45) is -3.14. The number of aromatic nitrogens is 4. The first kappa shape index (κ1) is 15.9. The number of halogens is 4. The Bertz CT molecular complexity index is 830. The maximum absolute atomic E-state index is 13.9. The van der Waals surface area contributed by atoms with Crippen LogP contribution < -0.4 is 5.32 Å². The van der Waals surface area contributed by atoms with Gasteiger partial charge in [-0.15, -0.1) is 5.10 Å². The Morgan fingerprint density at radius 1 is 1.08 bits per heavy atom. The van der Waals surface area contributed by atoms with Crippen molar-refractivity contribution in [2.75, 3.05) is 5.32 Å². The number of rotatable bonds is 4. The minimum Gasteiger partial charge on any atom is -0.379 e. The van der Waals surface area contributed by atoms with Crippen LogP contribution in [-0.4, -0.2) is 20.2 Å². The predicted molar refractivity (Wildman–Crippen MR) is 77.9 cm³/mol. The second-order valence-corrected chi connectivity index (χ2v) is 4.93. The lowest BCUT2D eigenvalue weighted by molar-refractivity contribution is -0.138. The molecule has 0 aliphatic heterocycles. The molecule has 3 rings (SSSR count). The van der Waals surface area contributed by atoms with Crippen molar-refractivity contribution in [2.24, 2.45) is 0 Å². The molecule has 0 saturated carbocycles. The van der Waals surface area contributed by atoms with Gasteiger partial charge in [0.15, 0.2) is 0 Å². The van der Waals surface area contributed by atoms with E-state index >= 15 is 0 Å². The fraction of sp³-hybridized carbons (Fsp3) is 0.133. The van der Waals surface area contributed by atoms with Gasteiger partial charge in [0.1, 0.15) is 12.1 Å². The summed E-state index contributed by atoms with van der Waals surface area (Å²) in [5.41, 5.74) is -0.195. The minimum absolute atomic E-state index is 0.0252. The molecule has 0 saturated heterocycles. The van der Waals surface area contributed by atoms with Gasteiger partial charge in [-0.3, -0.25) is 0 Å². The van der Waals surface area contributed by atoms with Gasteiger partial charge in [0.2, 0.25) is 0 Å². The van der Waals surface area contributed by atoms with Crippen LogP contribution >= 0.6 is 0 Å². The predicted octanol–water partition coefficient (Wildman–Crippen LogP) is 3.43. The molecule has 3 aromatic rings. The quantitative estimate of drug-likeness (QED) is 0.741. The number of hydrogen-bond acceptors (Lipinski definition) is 4. The number of anilines is 1. The summed E-state index contributed by atoms with van der Waals surface area (Å²) in [4.78, 5) is 0. The lowest BCUT2D eigenvalue weighted by Gasteiger charge is -2.14. The van der Waals surface area contributed by atoms with Crippen molar-refractivity contribution in [3.63, 3.8) is 0 Å². The largest absolute Gasteiger partial charge is 0.416 e. The van der Waals surface area contributed by atoms with E-state index in [0.717, 1.165) is 6.07 Å². The van der Waals surface area contributed by atoms with Crippen LogP contribution in [0.4, 0.5) is 23.2 Å². The van der Waals surface area contributed by atoms with Crippen molar-refractivity contribution in [3.8, 4) is 5.69 Å². The topological polar surface area (TPSA) is 55.6 Å². The molecule has 1 heterocycles. The number of nitrogens with one attached hydrogen (secondary N) is 1. The van der Waals surface area contributed by atoms with Crippen LogP contribution in [0.3, 0.4) is 0 Å². The Labute approximate surface area is 133 Å². The Hall–Kier alpha value is -2.97. The van der Waals surface area contributed by atoms with Crippen molar-refractivity contribution in [2.45, 2.75) is 12.7 Å². The van der Waals surface area contributed by atoms with E-state index in [2.05, 4.69) is 20.8 Å². The Morgan fingerprint density at radius 3 is 2.58 bits per heavy atom. The van der Waals surface area contributed by atoms with Crippen molar-refractivity contribution in [1.82, 2.24) is 20.2 Å². The summed E-state index contributed by atoms with van der Waals surface area (Å²) in [7, 11) is 0. The molecule has 5 nitrogen and oxygen atoms in total. The van der Waals surface area contributed by atoms with E-state index in [1.807, 2.05) is 0 Å². The molecule has 0 aliphatic rings. The first-order valence-electron chi connectivity index (χ1n) is 6.87. The second kappa shape index (κ2) is 6.26. The van der Waals surface area contributed by atoms with Gasteiger partial charge in [-0.2, -0.15) is 13.2 Å². The van der Waals surface area contributed by atoms with Gasteiger partial charge in [-0.25, -0.2) is 9.07 Å². The lowest BCUT2D eigenvalue weighted by Crippen LogP contribution is -2.12. The fourth-order valence-corrected chi connectivity index (χ4v) is 2.21. The van der Waals surface area contributed by atoms with Crippen LogP contribution in [0.5, 0.6) is 0 Å². The maximum Gasteiger partial charge on any atom is 0.416 e. The van der Waals surface area contributed by atoms with Gasteiger partial charge in [-0.05, 0) is 40.3 Å². The van der Waals surface area contributed by atoms with Crippen LogP contribution in [0.25, 0.3) is 5.69 Å². The molecular formula is C15H11F4N5. The summed E-state index contributed by atoms with van der Waals surface area (Å²) in [5, 5.41) is 13.3. The van der Waals surface area contributed by atoms with E-state index in [1.54, 1.807) is 0 Å².